The zero-order valence-electron chi connectivity index (χ0n) is 15.1. The van der Waals surface area contributed by atoms with Gasteiger partial charge in [0.25, 0.3) is 5.56 Å². The van der Waals surface area contributed by atoms with Crippen molar-refractivity contribution >= 4 is 23.3 Å². The third kappa shape index (κ3) is 3.75. The van der Waals surface area contributed by atoms with Crippen LogP contribution in [0.5, 0.6) is 0 Å². The highest BCUT2D eigenvalue weighted by Crippen LogP contribution is 2.25. The summed E-state index contributed by atoms with van der Waals surface area (Å²) in [5, 5.41) is 4.70. The van der Waals surface area contributed by atoms with Crippen LogP contribution < -0.4 is 5.56 Å². The van der Waals surface area contributed by atoms with Crippen molar-refractivity contribution in [2.75, 3.05) is 0 Å². The van der Waals surface area contributed by atoms with Gasteiger partial charge in [0.2, 0.25) is 11.7 Å². The van der Waals surface area contributed by atoms with Crippen LogP contribution in [0.25, 0.3) is 0 Å². The highest BCUT2D eigenvalue weighted by molar-refractivity contribution is 6.30. The van der Waals surface area contributed by atoms with E-state index in [0.717, 1.165) is 15.9 Å². The summed E-state index contributed by atoms with van der Waals surface area (Å²) in [6, 6.07) is 11.5. The normalized spacial score (nSPS) is 12.0. The van der Waals surface area contributed by atoms with Gasteiger partial charge in [0, 0.05) is 35.2 Å². The van der Waals surface area contributed by atoms with Crippen LogP contribution in [0.2, 0.25) is 5.02 Å². The number of aromatic nitrogens is 3. The molecular weight excluding hydrogens is 366 g/mol. The maximum Gasteiger partial charge on any atom is 0.273 e. The number of carbonyl (C=O) groups is 2. The molecule has 1 N–H and O–H groups in total. The Hall–Kier alpha value is -2.99. The molecule has 2 heterocycles. The minimum atomic E-state index is -0.472. The minimum Gasteiger partial charge on any atom is -0.355 e. The third-order valence-electron chi connectivity index (χ3n) is 4.40. The zero-order valence-corrected chi connectivity index (χ0v) is 15.9. The van der Waals surface area contributed by atoms with Crippen LogP contribution in [0, 0.1) is 6.92 Å². The second kappa shape index (κ2) is 7.32. The van der Waals surface area contributed by atoms with Gasteiger partial charge in [-0.1, -0.05) is 18.5 Å². The van der Waals surface area contributed by atoms with E-state index in [2.05, 4.69) is 10.1 Å². The first-order chi connectivity index (χ1) is 12.8. The van der Waals surface area contributed by atoms with Crippen LogP contribution in [-0.4, -0.2) is 26.5 Å². The third-order valence-corrected chi connectivity index (χ3v) is 4.65. The van der Waals surface area contributed by atoms with Crippen LogP contribution in [-0.2, 0) is 0 Å². The molecule has 2 aromatic heterocycles. The fraction of sp³-hybridized carbons (Fsp3) is 0.200. The van der Waals surface area contributed by atoms with E-state index >= 15 is 0 Å². The number of halogens is 1. The Labute approximate surface area is 160 Å². The lowest BCUT2D eigenvalue weighted by Crippen LogP contribution is -2.28. The van der Waals surface area contributed by atoms with Crippen molar-refractivity contribution in [1.29, 1.82) is 0 Å². The lowest BCUT2D eigenvalue weighted by atomic mass is 10.0. The van der Waals surface area contributed by atoms with Crippen LogP contribution >= 0.6 is 11.6 Å². The highest BCUT2D eigenvalue weighted by atomic mass is 35.5. The fourth-order valence-corrected chi connectivity index (χ4v) is 2.97. The molecule has 0 spiro atoms. The number of carbonyl (C=O) groups excluding carboxylic acids is 2. The molecule has 0 fully saturated rings. The molecule has 0 aliphatic heterocycles. The standard InChI is InChI=1S/C20H18ClN3O3/c1-11-10-17(12(2)16-8-9-18(26)24(23-16)13(3)25)22-19(11)20(27)14-4-6-15(21)7-5-14/h4-10,12,22H,1-3H3. The summed E-state index contributed by atoms with van der Waals surface area (Å²) in [5.41, 5.74) is 2.67. The maximum atomic E-state index is 12.8. The van der Waals surface area contributed by atoms with Gasteiger partial charge in [0.1, 0.15) is 0 Å². The fourth-order valence-electron chi connectivity index (χ4n) is 2.84. The average molecular weight is 384 g/mol. The lowest BCUT2D eigenvalue weighted by Gasteiger charge is -2.10. The molecule has 0 saturated carbocycles. The number of ketones is 1. The number of rotatable bonds is 4. The number of H-pyrrole nitrogens is 1. The van der Waals surface area contributed by atoms with Crippen molar-refractivity contribution in [3.63, 3.8) is 0 Å². The topological polar surface area (TPSA) is 84.8 Å². The Morgan fingerprint density at radius 3 is 2.44 bits per heavy atom. The van der Waals surface area contributed by atoms with E-state index < -0.39 is 11.5 Å². The van der Waals surface area contributed by atoms with E-state index in [-0.39, 0.29) is 11.7 Å². The number of hydrogen-bond acceptors (Lipinski definition) is 4. The van der Waals surface area contributed by atoms with E-state index in [0.29, 0.717) is 22.0 Å². The Bertz CT molecular complexity index is 1080. The number of aryl methyl sites for hydroxylation is 1. The van der Waals surface area contributed by atoms with Crippen molar-refractivity contribution in [1.82, 2.24) is 14.8 Å². The molecule has 1 unspecified atom stereocenters. The van der Waals surface area contributed by atoms with Gasteiger partial charge < -0.3 is 4.98 Å². The highest BCUT2D eigenvalue weighted by Gasteiger charge is 2.20. The van der Waals surface area contributed by atoms with Gasteiger partial charge in [-0.2, -0.15) is 9.78 Å². The van der Waals surface area contributed by atoms with Crippen molar-refractivity contribution in [3.05, 3.63) is 86.0 Å². The van der Waals surface area contributed by atoms with E-state index in [1.54, 1.807) is 30.3 Å². The molecule has 7 heteroatoms. The van der Waals surface area contributed by atoms with E-state index in [4.69, 9.17) is 11.6 Å². The van der Waals surface area contributed by atoms with Crippen LogP contribution in [0.15, 0.2) is 47.3 Å². The first kappa shape index (κ1) is 18.8. The molecule has 6 nitrogen and oxygen atoms in total. The molecule has 138 valence electrons. The summed E-state index contributed by atoms with van der Waals surface area (Å²) in [6.07, 6.45) is 0. The summed E-state index contributed by atoms with van der Waals surface area (Å²) in [7, 11) is 0. The number of aromatic amines is 1. The molecule has 1 atom stereocenters. The van der Waals surface area contributed by atoms with Gasteiger partial charge in [0.15, 0.2) is 0 Å². The van der Waals surface area contributed by atoms with Gasteiger partial charge >= 0.3 is 0 Å². The molecule has 27 heavy (non-hydrogen) atoms. The van der Waals surface area contributed by atoms with Gasteiger partial charge in [-0.15, -0.1) is 0 Å². The summed E-state index contributed by atoms with van der Waals surface area (Å²) in [4.78, 5) is 39.2. The van der Waals surface area contributed by atoms with Crippen molar-refractivity contribution in [2.45, 2.75) is 26.7 Å². The molecule has 3 aromatic rings. The van der Waals surface area contributed by atoms with Crippen LogP contribution in [0.4, 0.5) is 0 Å². The summed E-state index contributed by atoms with van der Waals surface area (Å²) >= 11 is 5.88. The largest absolute Gasteiger partial charge is 0.355 e. The Morgan fingerprint density at radius 2 is 1.81 bits per heavy atom. The quantitative estimate of drug-likeness (QED) is 0.698. The smallest absolute Gasteiger partial charge is 0.273 e. The molecule has 0 aliphatic carbocycles. The minimum absolute atomic E-state index is 0.135. The Kier molecular flexibility index (Phi) is 5.10. The SMILES string of the molecule is CC(=O)n1nc(C(C)c2cc(C)c(C(=O)c3ccc(Cl)cc3)[nH]2)ccc1=O. The second-order valence-electron chi connectivity index (χ2n) is 6.37. The lowest BCUT2D eigenvalue weighted by molar-refractivity contribution is 0.0913. The monoisotopic (exact) mass is 383 g/mol. The van der Waals surface area contributed by atoms with E-state index in [9.17, 15) is 14.4 Å². The van der Waals surface area contributed by atoms with Crippen molar-refractivity contribution < 1.29 is 9.59 Å². The molecule has 0 saturated heterocycles. The number of nitrogens with zero attached hydrogens (tertiary/aromatic N) is 2. The summed E-state index contributed by atoms with van der Waals surface area (Å²) in [5.74, 6) is -0.818. The molecule has 1 aromatic carbocycles. The van der Waals surface area contributed by atoms with Gasteiger partial charge in [-0.05, 0) is 48.9 Å². The Balaban J connectivity index is 1.95. The van der Waals surface area contributed by atoms with Gasteiger partial charge in [-0.25, -0.2) is 0 Å². The molecule has 0 bridgehead atoms. The van der Waals surface area contributed by atoms with Gasteiger partial charge in [0.05, 0.1) is 11.4 Å². The number of hydrogen-bond donors (Lipinski definition) is 1. The summed E-state index contributed by atoms with van der Waals surface area (Å²) < 4.78 is 0.835. The predicted octanol–water partition coefficient (Wildman–Crippen LogP) is 3.58. The van der Waals surface area contributed by atoms with Gasteiger partial charge in [-0.3, -0.25) is 14.4 Å². The first-order valence-corrected chi connectivity index (χ1v) is 8.76. The maximum absolute atomic E-state index is 12.8. The van der Waals surface area contributed by atoms with Crippen molar-refractivity contribution in [3.8, 4) is 0 Å². The van der Waals surface area contributed by atoms with Crippen LogP contribution in [0.1, 0.15) is 57.6 Å². The summed E-state index contributed by atoms with van der Waals surface area (Å²) in [6.45, 7) is 5.02. The number of nitrogens with one attached hydrogen (secondary N) is 1. The molecular formula is C20H18ClN3O3. The second-order valence-corrected chi connectivity index (χ2v) is 6.80. The molecule has 0 radical (unpaired) electrons. The zero-order chi connectivity index (χ0) is 19.7. The molecule has 3 rings (SSSR count). The van der Waals surface area contributed by atoms with E-state index in [1.807, 2.05) is 19.9 Å². The number of benzene rings is 1. The molecule has 0 aliphatic rings. The first-order valence-electron chi connectivity index (χ1n) is 8.39. The molecule has 0 amide bonds. The van der Waals surface area contributed by atoms with Crippen LogP contribution in [0.3, 0.4) is 0 Å². The van der Waals surface area contributed by atoms with E-state index in [1.165, 1.54) is 13.0 Å². The van der Waals surface area contributed by atoms with Crippen molar-refractivity contribution in [2.24, 2.45) is 0 Å². The predicted molar refractivity (Wildman–Crippen MR) is 103 cm³/mol. The average Bonchev–Trinajstić information content (AvgIpc) is 3.03. The Morgan fingerprint density at radius 1 is 1.15 bits per heavy atom.